The van der Waals surface area contributed by atoms with Crippen molar-refractivity contribution in [3.63, 3.8) is 0 Å². The Morgan fingerprint density at radius 1 is 0.973 bits per heavy atom. The fourth-order valence-corrected chi connectivity index (χ4v) is 3.04. The predicted molar refractivity (Wildman–Crippen MR) is 129 cm³/mol. The first-order chi connectivity index (χ1) is 17.4. The summed E-state index contributed by atoms with van der Waals surface area (Å²) in [6.45, 7) is -0.715. The van der Waals surface area contributed by atoms with Crippen LogP contribution in [0.2, 0.25) is 0 Å². The van der Waals surface area contributed by atoms with Gasteiger partial charge in [0.25, 0.3) is 0 Å². The zero-order valence-corrected chi connectivity index (χ0v) is 20.1. The predicted octanol–water partition coefficient (Wildman–Crippen LogP) is -4.87. The van der Waals surface area contributed by atoms with E-state index < -0.39 is 60.4 Å². The van der Waals surface area contributed by atoms with Crippen molar-refractivity contribution in [1.82, 2.24) is 25.9 Å². The smallest absolute Gasteiger partial charge is 0.326 e. The van der Waals surface area contributed by atoms with Gasteiger partial charge in [0.05, 0.1) is 19.0 Å². The molecule has 17 nitrogen and oxygen atoms in total. The molecule has 0 saturated heterocycles. The summed E-state index contributed by atoms with van der Waals surface area (Å²) in [5.74, 6) is -4.74. The van der Waals surface area contributed by atoms with Crippen LogP contribution in [0, 0.1) is 0 Å². The van der Waals surface area contributed by atoms with Crippen LogP contribution in [0.15, 0.2) is 17.5 Å². The van der Waals surface area contributed by atoms with E-state index >= 15 is 0 Å². The fourth-order valence-electron chi connectivity index (χ4n) is 3.04. The number of aromatic nitrogens is 2. The van der Waals surface area contributed by atoms with Crippen LogP contribution in [-0.4, -0.2) is 93.1 Å². The van der Waals surface area contributed by atoms with Gasteiger partial charge in [-0.25, -0.2) is 9.78 Å². The summed E-state index contributed by atoms with van der Waals surface area (Å²) in [4.78, 5) is 70.8. The van der Waals surface area contributed by atoms with Crippen molar-refractivity contribution in [2.75, 3.05) is 13.2 Å². The van der Waals surface area contributed by atoms with Gasteiger partial charge in [-0.2, -0.15) is 0 Å². The van der Waals surface area contributed by atoms with Gasteiger partial charge in [-0.1, -0.05) is 0 Å². The van der Waals surface area contributed by atoms with Crippen molar-refractivity contribution < 1.29 is 34.2 Å². The van der Waals surface area contributed by atoms with Crippen LogP contribution in [0.3, 0.4) is 0 Å². The van der Waals surface area contributed by atoms with Gasteiger partial charge < -0.3 is 54.1 Å². The Labute approximate surface area is 211 Å². The molecular weight excluding hydrogens is 492 g/mol. The van der Waals surface area contributed by atoms with Crippen LogP contribution in [0.5, 0.6) is 0 Å². The Bertz CT molecular complexity index is 949. The van der Waals surface area contributed by atoms with Gasteiger partial charge in [-0.05, 0) is 19.3 Å². The van der Waals surface area contributed by atoms with Crippen LogP contribution in [0.25, 0.3) is 0 Å². The number of carboxylic acid groups (broad SMARTS) is 1. The van der Waals surface area contributed by atoms with E-state index in [9.17, 15) is 34.2 Å². The SMILES string of the molecule is NC(=O)CCC(N)C(=O)NC(CO)C(=O)NC(CCCN=C(N)N)C(=O)NC(Cc1cnc[nH]1)C(=O)O. The van der Waals surface area contributed by atoms with E-state index in [4.69, 9.17) is 22.9 Å². The molecule has 17 heteroatoms. The van der Waals surface area contributed by atoms with Gasteiger partial charge in [-0.15, -0.1) is 0 Å². The van der Waals surface area contributed by atoms with E-state index in [2.05, 4.69) is 30.9 Å². The summed E-state index contributed by atoms with van der Waals surface area (Å²) in [5, 5.41) is 26.1. The molecule has 4 atom stereocenters. The number of carbonyl (C=O) groups is 5. The summed E-state index contributed by atoms with van der Waals surface area (Å²) < 4.78 is 0. The summed E-state index contributed by atoms with van der Waals surface area (Å²) in [6, 6.07) is -5.27. The van der Waals surface area contributed by atoms with Gasteiger partial charge in [0.1, 0.15) is 18.1 Å². The van der Waals surface area contributed by atoms with E-state index in [1.165, 1.54) is 12.5 Å². The molecule has 0 aromatic carbocycles. The third-order valence-electron chi connectivity index (χ3n) is 5.03. The van der Waals surface area contributed by atoms with Crippen LogP contribution in [0.4, 0.5) is 0 Å². The Hall–Kier alpha value is -4.25. The molecule has 1 aromatic heterocycles. The number of aliphatic imine (C=N–C) groups is 1. The zero-order valence-electron chi connectivity index (χ0n) is 20.1. The average molecular weight is 527 g/mol. The molecule has 4 amide bonds. The number of rotatable bonds is 17. The number of nitrogens with two attached hydrogens (primary N) is 4. The van der Waals surface area contributed by atoms with Crippen LogP contribution in [-0.2, 0) is 30.4 Å². The minimum absolute atomic E-state index is 0.00499. The minimum atomic E-state index is -1.49. The van der Waals surface area contributed by atoms with Crippen molar-refractivity contribution in [1.29, 1.82) is 0 Å². The number of H-pyrrole nitrogens is 1. The summed E-state index contributed by atoms with van der Waals surface area (Å²) in [5.41, 5.74) is 21.7. The van der Waals surface area contributed by atoms with Gasteiger partial charge in [0.2, 0.25) is 23.6 Å². The molecule has 37 heavy (non-hydrogen) atoms. The van der Waals surface area contributed by atoms with Gasteiger partial charge in [-0.3, -0.25) is 24.2 Å². The molecule has 14 N–H and O–H groups in total. The molecule has 0 fully saturated rings. The van der Waals surface area contributed by atoms with E-state index in [-0.39, 0.29) is 44.6 Å². The summed E-state index contributed by atoms with van der Waals surface area (Å²) >= 11 is 0. The first-order valence-corrected chi connectivity index (χ1v) is 11.3. The third kappa shape index (κ3) is 11.8. The summed E-state index contributed by atoms with van der Waals surface area (Å²) in [7, 11) is 0. The number of carbonyl (C=O) groups excluding carboxylic acids is 4. The normalized spacial score (nSPS) is 13.9. The Kier molecular flexibility index (Phi) is 13.0. The number of guanidine groups is 1. The number of imidazole rings is 1. The second-order valence-corrected chi connectivity index (χ2v) is 8.05. The lowest BCUT2D eigenvalue weighted by molar-refractivity contribution is -0.142. The van der Waals surface area contributed by atoms with Crippen molar-refractivity contribution in [2.24, 2.45) is 27.9 Å². The van der Waals surface area contributed by atoms with Crippen molar-refractivity contribution >= 4 is 35.6 Å². The fraction of sp³-hybridized carbons (Fsp3) is 0.550. The molecule has 0 aliphatic carbocycles. The maximum atomic E-state index is 12.9. The highest BCUT2D eigenvalue weighted by atomic mass is 16.4. The number of aliphatic hydroxyl groups is 1. The molecule has 0 aliphatic heterocycles. The molecule has 4 unspecified atom stereocenters. The molecule has 0 radical (unpaired) electrons. The lowest BCUT2D eigenvalue weighted by atomic mass is 10.1. The molecule has 1 rings (SSSR count). The average Bonchev–Trinajstić information content (AvgIpc) is 3.34. The molecule has 0 aliphatic rings. The van der Waals surface area contributed by atoms with E-state index in [0.29, 0.717) is 5.69 Å². The molecule has 1 heterocycles. The second kappa shape index (κ2) is 15.7. The number of nitrogens with zero attached hydrogens (tertiary/aromatic N) is 2. The zero-order chi connectivity index (χ0) is 28.0. The highest BCUT2D eigenvalue weighted by molar-refractivity contribution is 5.94. The third-order valence-corrected chi connectivity index (χ3v) is 5.03. The quantitative estimate of drug-likeness (QED) is 0.0521. The number of aliphatic hydroxyl groups excluding tert-OH is 1. The Morgan fingerprint density at radius 3 is 2.14 bits per heavy atom. The van der Waals surface area contributed by atoms with E-state index in [0.717, 1.165) is 0 Å². The highest BCUT2D eigenvalue weighted by Gasteiger charge is 2.30. The van der Waals surface area contributed by atoms with Crippen molar-refractivity contribution in [2.45, 2.75) is 56.3 Å². The number of hydrogen-bond acceptors (Lipinski definition) is 9. The highest BCUT2D eigenvalue weighted by Crippen LogP contribution is 2.04. The van der Waals surface area contributed by atoms with E-state index in [1.54, 1.807) is 0 Å². The van der Waals surface area contributed by atoms with Gasteiger partial charge in [0, 0.05) is 31.3 Å². The number of amides is 4. The Balaban J connectivity index is 2.91. The molecule has 1 aromatic rings. The standard InChI is InChI=1S/C20H34N10O7/c21-11(3-4-15(22)32)16(33)30-14(8-31)18(35)28-12(2-1-5-26-20(23)24)17(34)29-13(19(36)37)6-10-7-25-9-27-10/h7,9,11-14,31H,1-6,8,21H2,(H2,22,32)(H,25,27)(H,28,35)(H,29,34)(H,30,33)(H,36,37)(H4,23,24,26). The topological polar surface area (TPSA) is 307 Å². The van der Waals surface area contributed by atoms with Gasteiger partial charge >= 0.3 is 5.97 Å². The van der Waals surface area contributed by atoms with Crippen molar-refractivity contribution in [3.05, 3.63) is 18.2 Å². The molecule has 0 bridgehead atoms. The number of carboxylic acids is 1. The van der Waals surface area contributed by atoms with Crippen LogP contribution < -0.4 is 38.9 Å². The summed E-state index contributed by atoms with van der Waals surface area (Å²) in [6.07, 6.45) is 2.63. The first kappa shape index (κ1) is 30.8. The lowest BCUT2D eigenvalue weighted by Crippen LogP contribution is -2.58. The lowest BCUT2D eigenvalue weighted by Gasteiger charge is -2.24. The number of hydrogen-bond donors (Lipinski definition) is 10. The Morgan fingerprint density at radius 2 is 1.59 bits per heavy atom. The first-order valence-electron chi connectivity index (χ1n) is 11.3. The molecule has 0 saturated carbocycles. The largest absolute Gasteiger partial charge is 0.480 e. The maximum absolute atomic E-state index is 12.9. The molecule has 0 spiro atoms. The number of aliphatic carboxylic acids is 1. The van der Waals surface area contributed by atoms with Crippen LogP contribution >= 0.6 is 0 Å². The number of primary amides is 1. The van der Waals surface area contributed by atoms with Crippen LogP contribution in [0.1, 0.15) is 31.4 Å². The minimum Gasteiger partial charge on any atom is -0.480 e. The van der Waals surface area contributed by atoms with Gasteiger partial charge in [0.15, 0.2) is 5.96 Å². The molecular formula is C20H34N10O7. The molecule has 206 valence electrons. The van der Waals surface area contributed by atoms with Crippen molar-refractivity contribution in [3.8, 4) is 0 Å². The maximum Gasteiger partial charge on any atom is 0.326 e. The second-order valence-electron chi connectivity index (χ2n) is 8.05. The van der Waals surface area contributed by atoms with E-state index in [1.807, 2.05) is 0 Å². The number of nitrogens with one attached hydrogen (secondary N) is 4. The monoisotopic (exact) mass is 526 g/mol. The number of aromatic amines is 1.